The fraction of sp³-hybridized carbons (Fsp3) is 0.800. The molecule has 4 nitrogen and oxygen atoms in total. The lowest BCUT2D eigenvalue weighted by Crippen LogP contribution is -2.51. The van der Waals surface area contributed by atoms with E-state index in [0.29, 0.717) is 6.61 Å². The molecule has 1 aromatic heterocycles. The summed E-state index contributed by atoms with van der Waals surface area (Å²) in [6.07, 6.45) is 8.22. The van der Waals surface area contributed by atoms with Crippen molar-refractivity contribution in [2.45, 2.75) is 32.1 Å². The predicted molar refractivity (Wildman–Crippen MR) is 83.4 cm³/mol. The molecule has 0 atom stereocenters. The van der Waals surface area contributed by atoms with Gasteiger partial charge in [-0.25, -0.2) is 4.98 Å². The third-order valence-electron chi connectivity index (χ3n) is 4.87. The fourth-order valence-corrected chi connectivity index (χ4v) is 4.31. The lowest BCUT2D eigenvalue weighted by Gasteiger charge is -2.43. The number of hydrogen-bond acceptors (Lipinski definition) is 5. The van der Waals surface area contributed by atoms with Gasteiger partial charge in [0.2, 0.25) is 0 Å². The van der Waals surface area contributed by atoms with Crippen LogP contribution in [-0.2, 0) is 0 Å². The lowest BCUT2D eigenvalue weighted by molar-refractivity contribution is 0.0386. The van der Waals surface area contributed by atoms with Gasteiger partial charge in [-0.2, -0.15) is 0 Å². The third-order valence-corrected chi connectivity index (χ3v) is 5.70. The van der Waals surface area contributed by atoms with Crippen molar-refractivity contribution >= 4 is 16.5 Å². The van der Waals surface area contributed by atoms with Gasteiger partial charge in [-0.1, -0.05) is 19.3 Å². The van der Waals surface area contributed by atoms with Gasteiger partial charge in [0.1, 0.15) is 0 Å². The van der Waals surface area contributed by atoms with E-state index in [2.05, 4.69) is 14.8 Å². The van der Waals surface area contributed by atoms with Crippen molar-refractivity contribution in [1.29, 1.82) is 0 Å². The number of aliphatic hydroxyl groups excluding tert-OH is 1. The van der Waals surface area contributed by atoms with Crippen LogP contribution in [0.15, 0.2) is 11.6 Å². The van der Waals surface area contributed by atoms with Crippen molar-refractivity contribution in [2.75, 3.05) is 44.2 Å². The van der Waals surface area contributed by atoms with Crippen molar-refractivity contribution in [3.63, 3.8) is 0 Å². The van der Waals surface area contributed by atoms with E-state index in [0.717, 1.165) is 37.9 Å². The first kappa shape index (κ1) is 14.3. The van der Waals surface area contributed by atoms with Crippen molar-refractivity contribution in [1.82, 2.24) is 9.88 Å². The molecule has 1 saturated heterocycles. The Morgan fingerprint density at radius 1 is 1.15 bits per heavy atom. The Morgan fingerprint density at radius 3 is 2.50 bits per heavy atom. The minimum absolute atomic E-state index is 0.182. The molecule has 0 spiro atoms. The first-order valence-electron chi connectivity index (χ1n) is 7.79. The van der Waals surface area contributed by atoms with Crippen LogP contribution in [0, 0.1) is 5.41 Å². The first-order chi connectivity index (χ1) is 9.81. The summed E-state index contributed by atoms with van der Waals surface area (Å²) in [7, 11) is 0. The molecule has 0 bridgehead atoms. The quantitative estimate of drug-likeness (QED) is 0.924. The average Bonchev–Trinajstić information content (AvgIpc) is 3.03. The van der Waals surface area contributed by atoms with Crippen molar-refractivity contribution in [3.8, 4) is 0 Å². The summed E-state index contributed by atoms with van der Waals surface area (Å²) >= 11 is 1.73. The zero-order valence-electron chi connectivity index (χ0n) is 12.1. The average molecular weight is 295 g/mol. The Morgan fingerprint density at radius 2 is 1.90 bits per heavy atom. The molecule has 1 N–H and O–H groups in total. The van der Waals surface area contributed by atoms with Crippen LogP contribution < -0.4 is 4.90 Å². The zero-order valence-corrected chi connectivity index (χ0v) is 12.9. The van der Waals surface area contributed by atoms with Gasteiger partial charge in [0.15, 0.2) is 5.13 Å². The lowest BCUT2D eigenvalue weighted by atomic mass is 9.74. The van der Waals surface area contributed by atoms with Crippen molar-refractivity contribution < 1.29 is 5.11 Å². The molecule has 0 radical (unpaired) electrons. The molecular weight excluding hydrogens is 270 g/mol. The molecule has 2 aliphatic rings. The molecule has 20 heavy (non-hydrogen) atoms. The highest BCUT2D eigenvalue weighted by molar-refractivity contribution is 7.13. The van der Waals surface area contributed by atoms with Gasteiger partial charge in [-0.05, 0) is 12.8 Å². The molecule has 3 rings (SSSR count). The van der Waals surface area contributed by atoms with Crippen LogP contribution in [0.2, 0.25) is 0 Å². The molecule has 0 unspecified atom stereocenters. The summed E-state index contributed by atoms with van der Waals surface area (Å²) in [4.78, 5) is 9.33. The Bertz CT molecular complexity index is 395. The highest BCUT2D eigenvalue weighted by Gasteiger charge is 2.34. The maximum atomic E-state index is 9.83. The van der Waals surface area contributed by atoms with Gasteiger partial charge in [0, 0.05) is 56.3 Å². The predicted octanol–water partition coefficient (Wildman–Crippen LogP) is 2.21. The van der Waals surface area contributed by atoms with Gasteiger partial charge in [-0.3, -0.25) is 4.90 Å². The monoisotopic (exact) mass is 295 g/mol. The van der Waals surface area contributed by atoms with Gasteiger partial charge < -0.3 is 10.0 Å². The number of thiazole rings is 1. The summed E-state index contributed by atoms with van der Waals surface area (Å²) in [5.74, 6) is 0. The molecule has 2 heterocycles. The van der Waals surface area contributed by atoms with Crippen molar-refractivity contribution in [3.05, 3.63) is 11.6 Å². The van der Waals surface area contributed by atoms with Crippen LogP contribution in [0.1, 0.15) is 32.1 Å². The zero-order chi connectivity index (χ0) is 13.8. The van der Waals surface area contributed by atoms with E-state index in [1.54, 1.807) is 11.3 Å². The highest BCUT2D eigenvalue weighted by Crippen LogP contribution is 2.36. The highest BCUT2D eigenvalue weighted by atomic mass is 32.1. The Labute approximate surface area is 125 Å². The van der Waals surface area contributed by atoms with E-state index in [1.807, 2.05) is 11.6 Å². The molecule has 2 fully saturated rings. The van der Waals surface area contributed by atoms with Gasteiger partial charge in [-0.15, -0.1) is 11.3 Å². The summed E-state index contributed by atoms with van der Waals surface area (Å²) in [6, 6.07) is 0. The Hall–Kier alpha value is -0.650. The second kappa shape index (κ2) is 6.41. The Balaban J connectivity index is 1.53. The first-order valence-corrected chi connectivity index (χ1v) is 8.67. The smallest absolute Gasteiger partial charge is 0.185 e. The van der Waals surface area contributed by atoms with Crippen LogP contribution >= 0.6 is 11.3 Å². The van der Waals surface area contributed by atoms with Crippen molar-refractivity contribution in [2.24, 2.45) is 5.41 Å². The molecular formula is C15H25N3OS. The number of hydrogen-bond donors (Lipinski definition) is 1. The normalized spacial score (nSPS) is 23.9. The third kappa shape index (κ3) is 3.15. The number of piperazine rings is 1. The van der Waals surface area contributed by atoms with Crippen LogP contribution in [0.4, 0.5) is 5.13 Å². The fourth-order valence-electron chi connectivity index (χ4n) is 3.61. The molecule has 5 heteroatoms. The number of aromatic nitrogens is 1. The molecule has 1 aromatic rings. The van der Waals surface area contributed by atoms with E-state index < -0.39 is 0 Å². The minimum atomic E-state index is 0.182. The van der Waals surface area contributed by atoms with Gasteiger partial charge in [0.25, 0.3) is 0 Å². The van der Waals surface area contributed by atoms with Crippen LogP contribution in [0.3, 0.4) is 0 Å². The van der Waals surface area contributed by atoms with E-state index in [4.69, 9.17) is 0 Å². The standard InChI is InChI=1S/C15H25N3OS/c19-13-15(4-2-1-3-5-15)12-17-7-9-18(10-8-17)14-16-6-11-20-14/h6,11,19H,1-5,7-10,12-13H2. The van der Waals surface area contributed by atoms with E-state index in [9.17, 15) is 5.11 Å². The summed E-state index contributed by atoms with van der Waals surface area (Å²) < 4.78 is 0. The van der Waals surface area contributed by atoms with E-state index >= 15 is 0 Å². The molecule has 1 aliphatic carbocycles. The second-order valence-corrected chi connectivity index (χ2v) is 7.17. The van der Waals surface area contributed by atoms with Gasteiger partial charge >= 0.3 is 0 Å². The number of anilines is 1. The van der Waals surface area contributed by atoms with Crippen LogP contribution in [-0.4, -0.2) is 54.3 Å². The SMILES string of the molecule is OCC1(CN2CCN(c3nccs3)CC2)CCCCC1. The van der Waals surface area contributed by atoms with Crippen LogP contribution in [0.25, 0.3) is 0 Å². The second-order valence-electron chi connectivity index (χ2n) is 6.30. The molecule has 1 saturated carbocycles. The summed E-state index contributed by atoms with van der Waals surface area (Å²) in [5.41, 5.74) is 0.182. The topological polar surface area (TPSA) is 39.6 Å². The summed E-state index contributed by atoms with van der Waals surface area (Å²) in [5, 5.41) is 13.0. The molecule has 0 amide bonds. The number of nitrogens with zero attached hydrogens (tertiary/aromatic N) is 3. The molecule has 0 aromatic carbocycles. The minimum Gasteiger partial charge on any atom is -0.396 e. The number of aliphatic hydroxyl groups is 1. The summed E-state index contributed by atoms with van der Waals surface area (Å²) in [6.45, 7) is 5.77. The van der Waals surface area contributed by atoms with Crippen LogP contribution in [0.5, 0.6) is 0 Å². The van der Waals surface area contributed by atoms with E-state index in [-0.39, 0.29) is 5.41 Å². The maximum absolute atomic E-state index is 9.83. The largest absolute Gasteiger partial charge is 0.396 e. The van der Waals surface area contributed by atoms with E-state index in [1.165, 1.54) is 32.1 Å². The molecule has 1 aliphatic heterocycles. The Kier molecular flexibility index (Phi) is 4.58. The maximum Gasteiger partial charge on any atom is 0.185 e. The molecule has 112 valence electrons. The number of rotatable bonds is 4. The van der Waals surface area contributed by atoms with Gasteiger partial charge in [0.05, 0.1) is 0 Å².